The second-order valence-electron chi connectivity index (χ2n) is 9.00. The third kappa shape index (κ3) is 6.45. The number of rotatable bonds is 12. The zero-order valence-electron chi connectivity index (χ0n) is 18.8. The average Bonchev–Trinajstić information content (AvgIpc) is 3.16. The molecule has 0 spiro atoms. The van der Waals surface area contributed by atoms with Gasteiger partial charge in [-0.3, -0.25) is 4.79 Å². The maximum atomic E-state index is 12.7. The van der Waals surface area contributed by atoms with Gasteiger partial charge in [0.15, 0.2) is 11.5 Å². The first-order valence-corrected chi connectivity index (χ1v) is 11.9. The minimum absolute atomic E-state index is 0.101. The molecule has 0 unspecified atom stereocenters. The van der Waals surface area contributed by atoms with Crippen molar-refractivity contribution in [1.82, 2.24) is 4.90 Å². The number of carbonyl (C=O) groups is 1. The Morgan fingerprint density at radius 2 is 1.93 bits per heavy atom. The Bertz CT molecular complexity index is 677. The molecule has 1 aromatic rings. The summed E-state index contributed by atoms with van der Waals surface area (Å²) in [5, 5.41) is 11.2. The highest BCUT2D eigenvalue weighted by Gasteiger charge is 2.30. The fraction of sp³-hybridized carbons (Fsp3) is 0.720. The van der Waals surface area contributed by atoms with Crippen molar-refractivity contribution in [3.05, 3.63) is 23.8 Å². The lowest BCUT2D eigenvalue weighted by atomic mass is 9.89. The zero-order valence-corrected chi connectivity index (χ0v) is 18.8. The Labute approximate surface area is 181 Å². The number of aliphatic hydroxyl groups excluding tert-OH is 1. The number of aliphatic hydroxyl groups is 1. The van der Waals surface area contributed by atoms with E-state index in [0.717, 1.165) is 37.2 Å². The van der Waals surface area contributed by atoms with Gasteiger partial charge in [-0.1, -0.05) is 38.7 Å². The number of ketones is 1. The minimum atomic E-state index is -0.683. The molecule has 2 aliphatic rings. The molecule has 0 amide bonds. The van der Waals surface area contributed by atoms with Crippen LogP contribution in [0.3, 0.4) is 0 Å². The maximum absolute atomic E-state index is 12.7. The lowest BCUT2D eigenvalue weighted by molar-refractivity contribution is -0.121. The summed E-state index contributed by atoms with van der Waals surface area (Å²) in [5.41, 5.74) is 0.812. The first-order valence-electron chi connectivity index (χ1n) is 11.9. The summed E-state index contributed by atoms with van der Waals surface area (Å²) in [6.45, 7) is 7.34. The van der Waals surface area contributed by atoms with E-state index in [1.165, 1.54) is 32.1 Å². The topological polar surface area (TPSA) is 59.0 Å². The number of hydrogen-bond donors (Lipinski definition) is 1. The molecule has 2 heterocycles. The Balaban J connectivity index is 1.64. The molecule has 1 N–H and O–H groups in total. The molecule has 2 aliphatic heterocycles. The van der Waals surface area contributed by atoms with Crippen molar-refractivity contribution in [3.8, 4) is 11.5 Å². The molecule has 1 fully saturated rings. The molecule has 0 aliphatic carbocycles. The molecule has 3 rings (SSSR count). The monoisotopic (exact) mass is 417 g/mol. The number of Topliss-reactive ketones (excluding diaryl/α,β-unsaturated/α-hetero) is 1. The van der Waals surface area contributed by atoms with Crippen molar-refractivity contribution >= 4 is 5.78 Å². The van der Waals surface area contributed by atoms with Crippen LogP contribution in [-0.2, 0) is 4.79 Å². The highest BCUT2D eigenvalue weighted by Crippen LogP contribution is 2.36. The second-order valence-corrected chi connectivity index (χ2v) is 9.00. The van der Waals surface area contributed by atoms with Crippen molar-refractivity contribution in [1.29, 1.82) is 0 Å². The molecule has 3 atom stereocenters. The summed E-state index contributed by atoms with van der Waals surface area (Å²) < 4.78 is 11.3. The molecular weight excluding hydrogens is 378 g/mol. The molecule has 0 aromatic heterocycles. The summed E-state index contributed by atoms with van der Waals surface area (Å²) >= 11 is 0. The number of nitrogens with zero attached hydrogens (tertiary/aromatic N) is 1. The number of benzene rings is 1. The van der Waals surface area contributed by atoms with Gasteiger partial charge >= 0.3 is 0 Å². The minimum Gasteiger partial charge on any atom is -0.486 e. The molecular formula is C25H39NO4. The number of carbonyl (C=O) groups excluding carboxylic acids is 1. The SMILES string of the molecule is CCCCCCCC(=O)C[C@H](CN1CCC[C@H]1C)[C@H](O)c1ccc2c(c1)OCCO2. The largest absolute Gasteiger partial charge is 0.486 e. The van der Waals surface area contributed by atoms with Gasteiger partial charge in [0.05, 0.1) is 6.10 Å². The fourth-order valence-corrected chi connectivity index (χ4v) is 4.68. The first-order chi connectivity index (χ1) is 14.6. The van der Waals surface area contributed by atoms with Crippen molar-refractivity contribution in [3.63, 3.8) is 0 Å². The Morgan fingerprint density at radius 3 is 2.67 bits per heavy atom. The van der Waals surface area contributed by atoms with Crippen LogP contribution in [0.5, 0.6) is 11.5 Å². The van der Waals surface area contributed by atoms with Gasteiger partial charge in [-0.05, 0) is 50.4 Å². The summed E-state index contributed by atoms with van der Waals surface area (Å²) in [6.07, 6.45) is 8.52. The predicted octanol–water partition coefficient (Wildman–Crippen LogP) is 4.91. The van der Waals surface area contributed by atoms with Crippen LogP contribution in [0.2, 0.25) is 0 Å². The third-order valence-corrected chi connectivity index (χ3v) is 6.56. The van der Waals surface area contributed by atoms with Gasteiger partial charge < -0.3 is 19.5 Å². The molecule has 0 saturated carbocycles. The van der Waals surface area contributed by atoms with Crippen LogP contribution in [-0.4, -0.2) is 48.1 Å². The third-order valence-electron chi connectivity index (χ3n) is 6.56. The number of likely N-dealkylation sites (tertiary alicyclic amines) is 1. The van der Waals surface area contributed by atoms with E-state index in [-0.39, 0.29) is 11.7 Å². The fourth-order valence-electron chi connectivity index (χ4n) is 4.68. The van der Waals surface area contributed by atoms with E-state index >= 15 is 0 Å². The molecule has 1 saturated heterocycles. The number of unbranched alkanes of at least 4 members (excludes halogenated alkanes) is 4. The van der Waals surface area contributed by atoms with E-state index in [1.54, 1.807) is 0 Å². The predicted molar refractivity (Wildman–Crippen MR) is 119 cm³/mol. The van der Waals surface area contributed by atoms with Crippen LogP contribution in [0.15, 0.2) is 18.2 Å². The number of hydrogen-bond acceptors (Lipinski definition) is 5. The van der Waals surface area contributed by atoms with Gasteiger partial charge in [-0.15, -0.1) is 0 Å². The summed E-state index contributed by atoms with van der Waals surface area (Å²) in [7, 11) is 0. The summed E-state index contributed by atoms with van der Waals surface area (Å²) in [5.74, 6) is 1.59. The van der Waals surface area contributed by atoms with Gasteiger partial charge in [-0.25, -0.2) is 0 Å². The van der Waals surface area contributed by atoms with Crippen molar-refractivity contribution in [2.45, 2.75) is 83.8 Å². The van der Waals surface area contributed by atoms with Gasteiger partial charge in [0.25, 0.3) is 0 Å². The normalized spacial score (nSPS) is 20.8. The molecule has 1 aromatic carbocycles. The Kier molecular flexibility index (Phi) is 9.01. The standard InChI is InChI=1S/C25H39NO4/c1-3-4-5-6-7-10-22(27)16-21(18-26-13-8-9-19(26)2)25(28)20-11-12-23-24(17-20)30-15-14-29-23/h11-12,17,19,21,25,28H,3-10,13-16,18H2,1-2H3/t19-,21-,25-/m1/s1. The summed E-state index contributed by atoms with van der Waals surface area (Å²) in [4.78, 5) is 15.2. The second kappa shape index (κ2) is 11.7. The molecule has 30 heavy (non-hydrogen) atoms. The van der Waals surface area contributed by atoms with Gasteiger partial charge in [0.2, 0.25) is 0 Å². The van der Waals surface area contributed by atoms with Crippen LogP contribution in [0, 0.1) is 5.92 Å². The van der Waals surface area contributed by atoms with E-state index < -0.39 is 6.10 Å². The first kappa shape index (κ1) is 23.1. The quantitative estimate of drug-likeness (QED) is 0.490. The lowest BCUT2D eigenvalue weighted by Gasteiger charge is -2.30. The zero-order chi connectivity index (χ0) is 21.3. The summed E-state index contributed by atoms with van der Waals surface area (Å²) in [6, 6.07) is 6.19. The van der Waals surface area contributed by atoms with Crippen molar-refractivity contribution < 1.29 is 19.4 Å². The number of ether oxygens (including phenoxy) is 2. The van der Waals surface area contributed by atoms with Gasteiger partial charge in [-0.2, -0.15) is 0 Å². The van der Waals surface area contributed by atoms with Crippen LogP contribution in [0.25, 0.3) is 0 Å². The smallest absolute Gasteiger partial charge is 0.161 e. The molecule has 0 bridgehead atoms. The number of fused-ring (bicyclic) bond motifs is 1. The van der Waals surface area contributed by atoms with Crippen LogP contribution >= 0.6 is 0 Å². The van der Waals surface area contributed by atoms with E-state index in [9.17, 15) is 9.90 Å². The Morgan fingerprint density at radius 1 is 1.17 bits per heavy atom. The van der Waals surface area contributed by atoms with Gasteiger partial charge in [0, 0.05) is 31.3 Å². The highest BCUT2D eigenvalue weighted by atomic mass is 16.6. The average molecular weight is 418 g/mol. The molecule has 5 nitrogen and oxygen atoms in total. The lowest BCUT2D eigenvalue weighted by Crippen LogP contribution is -2.35. The van der Waals surface area contributed by atoms with Crippen molar-refractivity contribution in [2.24, 2.45) is 5.92 Å². The maximum Gasteiger partial charge on any atom is 0.161 e. The molecule has 5 heteroatoms. The van der Waals surface area contributed by atoms with Crippen LogP contribution in [0.4, 0.5) is 0 Å². The Hall–Kier alpha value is -1.59. The highest BCUT2D eigenvalue weighted by molar-refractivity contribution is 5.78. The van der Waals surface area contributed by atoms with E-state index in [0.29, 0.717) is 37.8 Å². The molecule has 0 radical (unpaired) electrons. The van der Waals surface area contributed by atoms with Gasteiger partial charge in [0.1, 0.15) is 19.0 Å². The van der Waals surface area contributed by atoms with E-state index in [1.807, 2.05) is 18.2 Å². The van der Waals surface area contributed by atoms with E-state index in [4.69, 9.17) is 9.47 Å². The van der Waals surface area contributed by atoms with E-state index in [2.05, 4.69) is 18.7 Å². The van der Waals surface area contributed by atoms with Crippen molar-refractivity contribution in [2.75, 3.05) is 26.3 Å². The van der Waals surface area contributed by atoms with Crippen LogP contribution < -0.4 is 9.47 Å². The van der Waals surface area contributed by atoms with Crippen LogP contribution in [0.1, 0.15) is 83.3 Å². The molecule has 168 valence electrons.